The number of aliphatic imine (C=N–C) groups is 1. The lowest BCUT2D eigenvalue weighted by Crippen LogP contribution is -2.42. The van der Waals surface area contributed by atoms with E-state index >= 15 is 0 Å². The van der Waals surface area contributed by atoms with Crippen molar-refractivity contribution in [2.45, 2.75) is 39.3 Å². The Morgan fingerprint density at radius 3 is 2.35 bits per heavy atom. The van der Waals surface area contributed by atoms with E-state index < -0.39 is 0 Å². The van der Waals surface area contributed by atoms with E-state index in [4.69, 9.17) is 4.74 Å². The zero-order valence-electron chi connectivity index (χ0n) is 17.1. The zero-order chi connectivity index (χ0) is 19.5. The summed E-state index contributed by atoms with van der Waals surface area (Å²) >= 11 is 0. The van der Waals surface area contributed by atoms with Gasteiger partial charge in [0.15, 0.2) is 5.96 Å². The molecule has 1 rings (SSSR count). The number of hydrogen-bond donors (Lipinski definition) is 2. The van der Waals surface area contributed by atoms with Crippen LogP contribution in [0.4, 0.5) is 4.39 Å². The van der Waals surface area contributed by atoms with Crippen molar-refractivity contribution in [1.82, 2.24) is 15.5 Å². The summed E-state index contributed by atoms with van der Waals surface area (Å²) in [6.45, 7) is 8.59. The van der Waals surface area contributed by atoms with Gasteiger partial charge in [0.25, 0.3) is 0 Å². The summed E-state index contributed by atoms with van der Waals surface area (Å²) in [5.41, 5.74) is 1.07. The molecule has 0 aliphatic carbocycles. The van der Waals surface area contributed by atoms with Crippen LogP contribution >= 0.6 is 0 Å². The third-order valence-electron chi connectivity index (χ3n) is 4.41. The van der Waals surface area contributed by atoms with Crippen LogP contribution in [0.25, 0.3) is 0 Å². The molecule has 0 amide bonds. The van der Waals surface area contributed by atoms with Gasteiger partial charge >= 0.3 is 0 Å². The molecule has 1 aromatic carbocycles. The fourth-order valence-corrected chi connectivity index (χ4v) is 2.85. The largest absolute Gasteiger partial charge is 0.378 e. The van der Waals surface area contributed by atoms with E-state index in [1.54, 1.807) is 7.05 Å². The molecule has 0 spiro atoms. The Hall–Kier alpha value is -1.66. The SMILES string of the molecule is CCOC(CCNC(=NC)NCC(c1ccc(F)cc1)N(C)C)C(C)C. The van der Waals surface area contributed by atoms with Gasteiger partial charge in [-0.2, -0.15) is 0 Å². The third-order valence-corrected chi connectivity index (χ3v) is 4.41. The minimum atomic E-state index is -0.217. The van der Waals surface area contributed by atoms with Crippen molar-refractivity contribution in [1.29, 1.82) is 0 Å². The Balaban J connectivity index is 2.54. The van der Waals surface area contributed by atoms with Crippen LogP contribution in [0.1, 0.15) is 38.8 Å². The van der Waals surface area contributed by atoms with Gasteiger partial charge in [-0.1, -0.05) is 26.0 Å². The highest BCUT2D eigenvalue weighted by molar-refractivity contribution is 5.79. The number of nitrogens with zero attached hydrogens (tertiary/aromatic N) is 2. The number of ether oxygens (including phenoxy) is 1. The maximum Gasteiger partial charge on any atom is 0.191 e. The minimum absolute atomic E-state index is 0.126. The summed E-state index contributed by atoms with van der Waals surface area (Å²) in [6.07, 6.45) is 1.18. The monoisotopic (exact) mass is 366 g/mol. The molecule has 1 aromatic rings. The second-order valence-electron chi connectivity index (χ2n) is 6.94. The lowest BCUT2D eigenvalue weighted by atomic mass is 10.0. The van der Waals surface area contributed by atoms with Crippen LogP contribution in [0.2, 0.25) is 0 Å². The van der Waals surface area contributed by atoms with Crippen LogP contribution in [0.15, 0.2) is 29.3 Å². The fraction of sp³-hybridized carbons (Fsp3) is 0.650. The summed E-state index contributed by atoms with van der Waals surface area (Å²) in [5.74, 6) is 1.03. The molecule has 0 aromatic heterocycles. The molecule has 0 heterocycles. The zero-order valence-corrected chi connectivity index (χ0v) is 17.1. The van der Waals surface area contributed by atoms with Gasteiger partial charge in [-0.3, -0.25) is 4.99 Å². The average Bonchev–Trinajstić information content (AvgIpc) is 2.60. The van der Waals surface area contributed by atoms with Gasteiger partial charge in [0.1, 0.15) is 5.82 Å². The molecule has 2 unspecified atom stereocenters. The first-order valence-corrected chi connectivity index (χ1v) is 9.37. The predicted octanol–water partition coefficient (Wildman–Crippen LogP) is 3.04. The van der Waals surface area contributed by atoms with Crippen LogP contribution in [-0.4, -0.2) is 57.8 Å². The van der Waals surface area contributed by atoms with Crippen molar-refractivity contribution in [2.75, 3.05) is 40.8 Å². The number of halogens is 1. The minimum Gasteiger partial charge on any atom is -0.378 e. The Kier molecular flexibility index (Phi) is 10.2. The second-order valence-corrected chi connectivity index (χ2v) is 6.94. The number of likely N-dealkylation sites (N-methyl/N-ethyl adjacent to an activating group) is 1. The highest BCUT2D eigenvalue weighted by atomic mass is 19.1. The van der Waals surface area contributed by atoms with Crippen molar-refractivity contribution >= 4 is 5.96 Å². The lowest BCUT2D eigenvalue weighted by Gasteiger charge is -2.26. The van der Waals surface area contributed by atoms with Crippen molar-refractivity contribution in [3.63, 3.8) is 0 Å². The topological polar surface area (TPSA) is 48.9 Å². The Morgan fingerprint density at radius 2 is 1.85 bits per heavy atom. The summed E-state index contributed by atoms with van der Waals surface area (Å²) in [5, 5.41) is 6.71. The smallest absolute Gasteiger partial charge is 0.191 e. The van der Waals surface area contributed by atoms with Crippen LogP contribution < -0.4 is 10.6 Å². The van der Waals surface area contributed by atoms with Crippen LogP contribution in [0, 0.1) is 11.7 Å². The maximum absolute atomic E-state index is 13.2. The molecule has 2 N–H and O–H groups in total. The first kappa shape index (κ1) is 22.4. The molecule has 0 aliphatic heterocycles. The summed E-state index contributed by atoms with van der Waals surface area (Å²) in [7, 11) is 5.79. The molecule has 6 heteroatoms. The first-order chi connectivity index (χ1) is 12.4. The van der Waals surface area contributed by atoms with Gasteiger partial charge < -0.3 is 20.3 Å². The van der Waals surface area contributed by atoms with Gasteiger partial charge in [-0.15, -0.1) is 0 Å². The maximum atomic E-state index is 13.2. The Labute approximate surface area is 158 Å². The number of nitrogens with one attached hydrogen (secondary N) is 2. The molecule has 0 saturated heterocycles. The van der Waals surface area contributed by atoms with E-state index in [1.165, 1.54) is 12.1 Å². The third kappa shape index (κ3) is 7.70. The highest BCUT2D eigenvalue weighted by Crippen LogP contribution is 2.17. The summed E-state index contributed by atoms with van der Waals surface area (Å²) in [6, 6.07) is 6.78. The highest BCUT2D eigenvalue weighted by Gasteiger charge is 2.16. The van der Waals surface area contributed by atoms with E-state index in [2.05, 4.69) is 34.4 Å². The number of rotatable bonds is 10. The van der Waals surface area contributed by atoms with Crippen molar-refractivity contribution in [2.24, 2.45) is 10.9 Å². The van der Waals surface area contributed by atoms with E-state index in [-0.39, 0.29) is 18.0 Å². The van der Waals surface area contributed by atoms with Gasteiger partial charge in [-0.25, -0.2) is 4.39 Å². The van der Waals surface area contributed by atoms with Crippen molar-refractivity contribution in [3.05, 3.63) is 35.6 Å². The van der Waals surface area contributed by atoms with E-state index in [9.17, 15) is 4.39 Å². The molecule has 0 aliphatic rings. The summed E-state index contributed by atoms with van der Waals surface area (Å²) in [4.78, 5) is 6.40. The van der Waals surface area contributed by atoms with Gasteiger partial charge in [0, 0.05) is 26.7 Å². The molecule has 0 bridgehead atoms. The number of hydrogen-bond acceptors (Lipinski definition) is 3. The number of guanidine groups is 1. The quantitative estimate of drug-likeness (QED) is 0.494. The Bertz CT molecular complexity index is 531. The summed E-state index contributed by atoms with van der Waals surface area (Å²) < 4.78 is 18.9. The fourth-order valence-electron chi connectivity index (χ4n) is 2.85. The molecule has 5 nitrogen and oxygen atoms in total. The van der Waals surface area contributed by atoms with Crippen LogP contribution in [0.3, 0.4) is 0 Å². The second kappa shape index (κ2) is 11.9. The van der Waals surface area contributed by atoms with E-state index in [1.807, 2.05) is 33.2 Å². The molecule has 2 atom stereocenters. The van der Waals surface area contributed by atoms with E-state index in [0.29, 0.717) is 12.5 Å². The molecule has 26 heavy (non-hydrogen) atoms. The van der Waals surface area contributed by atoms with E-state index in [0.717, 1.165) is 31.1 Å². The van der Waals surface area contributed by atoms with Gasteiger partial charge in [-0.05, 0) is 51.1 Å². The average molecular weight is 367 g/mol. The number of benzene rings is 1. The van der Waals surface area contributed by atoms with Gasteiger partial charge in [0.05, 0.1) is 12.1 Å². The van der Waals surface area contributed by atoms with Crippen molar-refractivity contribution in [3.8, 4) is 0 Å². The molecule has 0 fully saturated rings. The first-order valence-electron chi connectivity index (χ1n) is 9.37. The molecular weight excluding hydrogens is 331 g/mol. The molecular formula is C20H35FN4O. The molecule has 0 radical (unpaired) electrons. The molecule has 148 valence electrons. The Morgan fingerprint density at radius 1 is 1.19 bits per heavy atom. The normalized spacial score (nSPS) is 14.6. The van der Waals surface area contributed by atoms with Crippen LogP contribution in [-0.2, 0) is 4.74 Å². The predicted molar refractivity (Wildman–Crippen MR) is 107 cm³/mol. The lowest BCUT2D eigenvalue weighted by molar-refractivity contribution is 0.0258. The van der Waals surface area contributed by atoms with Crippen molar-refractivity contribution < 1.29 is 9.13 Å². The standard InChI is InChI=1S/C20H35FN4O/c1-7-26-19(15(2)3)12-13-23-20(22-4)24-14-18(25(5)6)16-8-10-17(21)11-9-16/h8-11,15,18-19H,7,12-14H2,1-6H3,(H2,22,23,24). The molecule has 0 saturated carbocycles. The van der Waals surface area contributed by atoms with Gasteiger partial charge in [0.2, 0.25) is 0 Å². The van der Waals surface area contributed by atoms with Crippen LogP contribution in [0.5, 0.6) is 0 Å².